The third kappa shape index (κ3) is 2.90. The predicted molar refractivity (Wildman–Crippen MR) is 91.5 cm³/mol. The van der Waals surface area contributed by atoms with Gasteiger partial charge >= 0.3 is 0 Å². The molecule has 0 radical (unpaired) electrons. The lowest BCUT2D eigenvalue weighted by Crippen LogP contribution is -2.11. The molecule has 3 nitrogen and oxygen atoms in total. The Balaban J connectivity index is 1.54. The molecule has 2 aliphatic heterocycles. The fraction of sp³-hybridized carbons (Fsp3) is 0. The number of hydrogen-bond donors (Lipinski definition) is 1. The second kappa shape index (κ2) is 5.89. The number of hydrogen-bond acceptors (Lipinski definition) is 3. The zero-order valence-corrected chi connectivity index (χ0v) is 12.4. The first-order valence-corrected chi connectivity index (χ1v) is 7.43. The smallest absolute Gasteiger partial charge is 0.133 e. The van der Waals surface area contributed by atoms with Crippen molar-refractivity contribution < 1.29 is 9.47 Å². The Hall–Kier alpha value is -3.20. The summed E-state index contributed by atoms with van der Waals surface area (Å²) in [4.78, 5) is 0. The number of rotatable bonds is 2. The molecule has 0 aliphatic carbocycles. The summed E-state index contributed by atoms with van der Waals surface area (Å²) in [6, 6.07) is 15.8. The Morgan fingerprint density at radius 2 is 1.04 bits per heavy atom. The average molecular weight is 301 g/mol. The summed E-state index contributed by atoms with van der Waals surface area (Å²) in [6.45, 7) is 0. The van der Waals surface area contributed by atoms with Gasteiger partial charge in [0, 0.05) is 11.1 Å². The largest absolute Gasteiger partial charge is 0.462 e. The second-order valence-corrected chi connectivity index (χ2v) is 5.25. The van der Waals surface area contributed by atoms with Crippen molar-refractivity contribution in [3.05, 3.63) is 95.7 Å². The van der Waals surface area contributed by atoms with Crippen LogP contribution in [0.25, 0.3) is 12.2 Å². The van der Waals surface area contributed by atoms with Crippen molar-refractivity contribution in [2.75, 3.05) is 0 Å². The highest BCUT2D eigenvalue weighted by molar-refractivity contribution is 5.63. The Morgan fingerprint density at radius 3 is 1.57 bits per heavy atom. The van der Waals surface area contributed by atoms with Crippen LogP contribution in [0.5, 0.6) is 11.5 Å². The van der Waals surface area contributed by atoms with Crippen LogP contribution in [0, 0.1) is 0 Å². The van der Waals surface area contributed by atoms with Gasteiger partial charge < -0.3 is 14.8 Å². The van der Waals surface area contributed by atoms with Gasteiger partial charge in [-0.05, 0) is 36.4 Å². The van der Waals surface area contributed by atoms with Gasteiger partial charge in [-0.25, -0.2) is 0 Å². The van der Waals surface area contributed by atoms with Gasteiger partial charge in [0.25, 0.3) is 0 Å². The van der Waals surface area contributed by atoms with Gasteiger partial charge in [-0.1, -0.05) is 36.4 Å². The van der Waals surface area contributed by atoms with Gasteiger partial charge in [0.05, 0.1) is 11.4 Å². The molecule has 0 saturated heterocycles. The van der Waals surface area contributed by atoms with E-state index in [1.54, 1.807) is 12.5 Å². The molecule has 2 heterocycles. The molecule has 0 bridgehead atoms. The van der Waals surface area contributed by atoms with Crippen LogP contribution in [0.4, 0.5) is 0 Å². The van der Waals surface area contributed by atoms with Crippen LogP contribution in [0.15, 0.2) is 84.6 Å². The van der Waals surface area contributed by atoms with Crippen LogP contribution >= 0.6 is 0 Å². The van der Waals surface area contributed by atoms with Crippen LogP contribution in [0.1, 0.15) is 11.1 Å². The SMILES string of the molecule is C1=Cc2ccccc2OC=C1NC1=COc2ccccc2C=C1. The van der Waals surface area contributed by atoms with Crippen molar-refractivity contribution in [1.29, 1.82) is 0 Å². The summed E-state index contributed by atoms with van der Waals surface area (Å²) < 4.78 is 11.4. The molecule has 1 N–H and O–H groups in total. The minimum absolute atomic E-state index is 0.842. The average Bonchev–Trinajstić information content (AvgIpc) is 2.93. The Morgan fingerprint density at radius 1 is 0.565 bits per heavy atom. The first kappa shape index (κ1) is 13.5. The summed E-state index contributed by atoms with van der Waals surface area (Å²) in [5.74, 6) is 1.68. The molecule has 0 amide bonds. The summed E-state index contributed by atoms with van der Waals surface area (Å²) in [5.41, 5.74) is 3.81. The molecule has 2 aliphatic rings. The van der Waals surface area contributed by atoms with Crippen molar-refractivity contribution in [1.82, 2.24) is 5.32 Å². The lowest BCUT2D eigenvalue weighted by atomic mass is 10.2. The monoisotopic (exact) mass is 301 g/mol. The quantitative estimate of drug-likeness (QED) is 0.887. The van der Waals surface area contributed by atoms with E-state index in [2.05, 4.69) is 5.32 Å². The molecule has 4 rings (SSSR count). The van der Waals surface area contributed by atoms with Crippen molar-refractivity contribution in [2.45, 2.75) is 0 Å². The van der Waals surface area contributed by atoms with E-state index >= 15 is 0 Å². The van der Waals surface area contributed by atoms with E-state index in [0.29, 0.717) is 0 Å². The molecule has 2 aromatic carbocycles. The highest BCUT2D eigenvalue weighted by Gasteiger charge is 2.07. The van der Waals surface area contributed by atoms with Gasteiger partial charge in [0.1, 0.15) is 24.0 Å². The number of benzene rings is 2. The highest BCUT2D eigenvalue weighted by atomic mass is 16.5. The topological polar surface area (TPSA) is 30.5 Å². The number of para-hydroxylation sites is 2. The molecule has 0 aromatic heterocycles. The molecule has 0 fully saturated rings. The van der Waals surface area contributed by atoms with E-state index in [1.807, 2.05) is 72.8 Å². The van der Waals surface area contributed by atoms with E-state index in [1.165, 1.54) is 0 Å². The number of ether oxygens (including phenoxy) is 2. The number of nitrogens with one attached hydrogen (secondary N) is 1. The van der Waals surface area contributed by atoms with Crippen LogP contribution in [-0.2, 0) is 0 Å². The fourth-order valence-electron chi connectivity index (χ4n) is 2.45. The van der Waals surface area contributed by atoms with E-state index in [-0.39, 0.29) is 0 Å². The lowest BCUT2D eigenvalue weighted by molar-refractivity contribution is 0.468. The highest BCUT2D eigenvalue weighted by Crippen LogP contribution is 2.25. The van der Waals surface area contributed by atoms with Crippen LogP contribution < -0.4 is 14.8 Å². The maximum atomic E-state index is 5.72. The lowest BCUT2D eigenvalue weighted by Gasteiger charge is -2.07. The molecule has 0 unspecified atom stereocenters. The minimum Gasteiger partial charge on any atom is -0.462 e. The zero-order chi connectivity index (χ0) is 15.5. The van der Waals surface area contributed by atoms with Crippen molar-refractivity contribution in [3.63, 3.8) is 0 Å². The Kier molecular flexibility index (Phi) is 3.45. The molecule has 2 aromatic rings. The van der Waals surface area contributed by atoms with E-state index in [4.69, 9.17) is 9.47 Å². The van der Waals surface area contributed by atoms with E-state index in [9.17, 15) is 0 Å². The summed E-state index contributed by atoms with van der Waals surface area (Å²) >= 11 is 0. The maximum absolute atomic E-state index is 5.72. The van der Waals surface area contributed by atoms with Gasteiger partial charge in [0.2, 0.25) is 0 Å². The first-order chi connectivity index (χ1) is 11.4. The number of allylic oxidation sites excluding steroid dienone is 2. The van der Waals surface area contributed by atoms with Gasteiger partial charge in [-0.2, -0.15) is 0 Å². The van der Waals surface area contributed by atoms with E-state index < -0.39 is 0 Å². The normalized spacial score (nSPS) is 15.0. The van der Waals surface area contributed by atoms with Gasteiger partial charge in [-0.3, -0.25) is 0 Å². The molecule has 0 spiro atoms. The second-order valence-electron chi connectivity index (χ2n) is 5.25. The zero-order valence-electron chi connectivity index (χ0n) is 12.4. The van der Waals surface area contributed by atoms with Crippen molar-refractivity contribution in [3.8, 4) is 11.5 Å². The van der Waals surface area contributed by atoms with Crippen molar-refractivity contribution >= 4 is 12.2 Å². The Labute approximate surface area is 134 Å². The molecule has 112 valence electrons. The molecular formula is C20H15NO2. The van der Waals surface area contributed by atoms with E-state index in [0.717, 1.165) is 34.0 Å². The molecule has 0 saturated carbocycles. The van der Waals surface area contributed by atoms with Crippen LogP contribution in [0.2, 0.25) is 0 Å². The molecular weight excluding hydrogens is 286 g/mol. The summed E-state index contributed by atoms with van der Waals surface area (Å²) in [7, 11) is 0. The molecule has 23 heavy (non-hydrogen) atoms. The number of fused-ring (bicyclic) bond motifs is 2. The fourth-order valence-corrected chi connectivity index (χ4v) is 2.45. The minimum atomic E-state index is 0.842. The third-order valence-corrected chi connectivity index (χ3v) is 3.64. The summed E-state index contributed by atoms with van der Waals surface area (Å²) in [6.07, 6.45) is 11.4. The first-order valence-electron chi connectivity index (χ1n) is 7.43. The maximum Gasteiger partial charge on any atom is 0.133 e. The molecule has 3 heteroatoms. The van der Waals surface area contributed by atoms with Crippen molar-refractivity contribution in [2.24, 2.45) is 0 Å². The molecule has 0 atom stereocenters. The van der Waals surface area contributed by atoms with Gasteiger partial charge in [0.15, 0.2) is 0 Å². The predicted octanol–water partition coefficient (Wildman–Crippen LogP) is 4.47. The van der Waals surface area contributed by atoms with Crippen LogP contribution in [-0.4, -0.2) is 0 Å². The summed E-state index contributed by atoms with van der Waals surface area (Å²) in [5, 5.41) is 3.31. The Bertz CT molecular complexity index is 788. The standard InChI is InChI=1S/C20H15NO2/c1-3-7-19-15(5-1)9-11-17(13-22-19)21-18-12-10-16-6-2-4-8-20(16)23-14-18/h1-14,21H. The van der Waals surface area contributed by atoms with Gasteiger partial charge in [-0.15, -0.1) is 0 Å². The third-order valence-electron chi connectivity index (χ3n) is 3.64. The van der Waals surface area contributed by atoms with Crippen LogP contribution in [0.3, 0.4) is 0 Å².